The van der Waals surface area contributed by atoms with Crippen molar-refractivity contribution in [1.82, 2.24) is 0 Å². The highest BCUT2D eigenvalue weighted by atomic mass is 35.5. The van der Waals surface area contributed by atoms with Crippen molar-refractivity contribution < 1.29 is 24.1 Å². The molecule has 2 aliphatic rings. The Balaban J connectivity index is 1.73. The first kappa shape index (κ1) is 14.9. The van der Waals surface area contributed by atoms with Gasteiger partial charge in [-0.15, -0.1) is 0 Å². The van der Waals surface area contributed by atoms with Gasteiger partial charge in [-0.3, -0.25) is 4.79 Å². The molecule has 0 bridgehead atoms. The van der Waals surface area contributed by atoms with Crippen LogP contribution in [-0.2, 0) is 25.6 Å². The maximum absolute atomic E-state index is 12.0. The number of carbonyl (C=O) groups excluding carboxylic acids is 1. The highest BCUT2D eigenvalue weighted by Crippen LogP contribution is 2.41. The molecule has 0 saturated carbocycles. The summed E-state index contributed by atoms with van der Waals surface area (Å²) in [6.07, 6.45) is -1.72. The Kier molecular flexibility index (Phi) is 4.03. The summed E-state index contributed by atoms with van der Waals surface area (Å²) in [6.45, 7) is 2.05. The fourth-order valence-corrected chi connectivity index (χ4v) is 2.84. The van der Waals surface area contributed by atoms with E-state index in [0.717, 1.165) is 5.56 Å². The summed E-state index contributed by atoms with van der Waals surface area (Å²) in [4.78, 5) is 12.0. The smallest absolute Gasteiger partial charge is 0.220 e. The summed E-state index contributed by atoms with van der Waals surface area (Å²) in [7, 11) is 0. The van der Waals surface area contributed by atoms with Crippen LogP contribution in [0.2, 0.25) is 5.02 Å². The van der Waals surface area contributed by atoms with Crippen LogP contribution in [0.3, 0.4) is 0 Å². The molecule has 3 rings (SSSR count). The maximum atomic E-state index is 12.0. The summed E-state index contributed by atoms with van der Waals surface area (Å²) in [5.41, 5.74) is 0.816. The number of ketones is 1. The second kappa shape index (κ2) is 5.66. The molecule has 2 fully saturated rings. The molecule has 2 heterocycles. The van der Waals surface area contributed by atoms with E-state index in [1.54, 1.807) is 13.0 Å². The lowest BCUT2D eigenvalue weighted by Crippen LogP contribution is -2.59. The van der Waals surface area contributed by atoms with Crippen molar-refractivity contribution in [2.24, 2.45) is 0 Å². The third kappa shape index (κ3) is 2.60. The molecule has 4 atom stereocenters. The summed E-state index contributed by atoms with van der Waals surface area (Å²) in [5, 5.41) is 10.8. The number of rotatable bonds is 5. The topological polar surface area (TPSA) is 65.0 Å². The van der Waals surface area contributed by atoms with E-state index in [1.807, 2.05) is 18.2 Å². The van der Waals surface area contributed by atoms with Crippen molar-refractivity contribution in [2.45, 2.75) is 44.1 Å². The minimum absolute atomic E-state index is 0.0666. The molecule has 1 aromatic rings. The Morgan fingerprint density at radius 1 is 1.52 bits per heavy atom. The first-order valence-corrected chi connectivity index (χ1v) is 7.32. The fourth-order valence-electron chi connectivity index (χ4n) is 2.65. The van der Waals surface area contributed by atoms with Crippen molar-refractivity contribution in [2.75, 3.05) is 6.61 Å². The molecule has 0 radical (unpaired) electrons. The second-order valence-electron chi connectivity index (χ2n) is 5.30. The van der Waals surface area contributed by atoms with Crippen LogP contribution in [0, 0.1) is 0 Å². The fraction of sp³-hybridized carbons (Fsp3) is 0.533. The Morgan fingerprint density at radius 2 is 2.29 bits per heavy atom. The number of benzene rings is 1. The molecule has 1 N–H and O–H groups in total. The van der Waals surface area contributed by atoms with E-state index in [0.29, 0.717) is 11.4 Å². The number of ether oxygens (including phenoxy) is 3. The van der Waals surface area contributed by atoms with E-state index in [9.17, 15) is 9.90 Å². The molecule has 21 heavy (non-hydrogen) atoms. The van der Waals surface area contributed by atoms with Gasteiger partial charge in [-0.25, -0.2) is 0 Å². The Labute approximate surface area is 127 Å². The number of aliphatic hydroxyl groups is 1. The summed E-state index contributed by atoms with van der Waals surface area (Å²) < 4.78 is 16.6. The second-order valence-corrected chi connectivity index (χ2v) is 5.71. The van der Waals surface area contributed by atoms with Gasteiger partial charge in [-0.05, 0) is 11.6 Å². The van der Waals surface area contributed by atoms with E-state index in [2.05, 4.69) is 0 Å². The van der Waals surface area contributed by atoms with Gasteiger partial charge < -0.3 is 19.3 Å². The molecule has 0 amide bonds. The molecule has 0 aromatic heterocycles. The lowest BCUT2D eigenvalue weighted by Gasteiger charge is -2.39. The third-order valence-electron chi connectivity index (χ3n) is 3.90. The van der Waals surface area contributed by atoms with Crippen molar-refractivity contribution in [1.29, 1.82) is 0 Å². The summed E-state index contributed by atoms with van der Waals surface area (Å²) in [5.74, 6) is -1.51. The highest BCUT2D eigenvalue weighted by molar-refractivity contribution is 6.31. The molecule has 5 nitrogen and oxygen atoms in total. The van der Waals surface area contributed by atoms with Gasteiger partial charge in [0.05, 0.1) is 6.61 Å². The van der Waals surface area contributed by atoms with E-state index in [1.165, 1.54) is 0 Å². The molecule has 1 aromatic carbocycles. The van der Waals surface area contributed by atoms with Crippen LogP contribution < -0.4 is 0 Å². The van der Waals surface area contributed by atoms with Crippen LogP contribution in [0.25, 0.3) is 0 Å². The molecule has 114 valence electrons. The molecule has 0 spiro atoms. The molecular weight excluding hydrogens is 296 g/mol. The van der Waals surface area contributed by atoms with Gasteiger partial charge >= 0.3 is 0 Å². The normalized spacial score (nSPS) is 34.3. The Hall–Kier alpha value is -0.980. The van der Waals surface area contributed by atoms with Gasteiger partial charge in [0.25, 0.3) is 0 Å². The third-order valence-corrected chi connectivity index (χ3v) is 4.27. The summed E-state index contributed by atoms with van der Waals surface area (Å²) in [6, 6.07) is 7.32. The standard InChI is InChI=1S/C15H17ClO5/c1-2-11(17)12-13(14-15(18,21-12)8-20-14)19-7-9-5-3-4-6-10(9)16/h3-6,12-14,18H,2,7-8H2,1H3/t12-,13+,14-,15+/m1/s1. The van der Waals surface area contributed by atoms with Crippen molar-refractivity contribution >= 4 is 17.4 Å². The van der Waals surface area contributed by atoms with E-state index in [-0.39, 0.29) is 19.0 Å². The highest BCUT2D eigenvalue weighted by Gasteiger charge is 2.63. The zero-order chi connectivity index (χ0) is 15.0. The van der Waals surface area contributed by atoms with Gasteiger partial charge in [0.1, 0.15) is 24.9 Å². The number of hydrogen-bond acceptors (Lipinski definition) is 5. The van der Waals surface area contributed by atoms with Crippen LogP contribution in [0.15, 0.2) is 24.3 Å². The SMILES string of the molecule is CCC(=O)[C@H]1O[C@@]2(O)CO[C@@H]2[C@H]1OCc1ccccc1Cl. The number of hydrogen-bond donors (Lipinski definition) is 1. The van der Waals surface area contributed by atoms with E-state index in [4.69, 9.17) is 25.8 Å². The Bertz CT molecular complexity index is 549. The van der Waals surface area contributed by atoms with Crippen LogP contribution in [-0.4, -0.2) is 41.6 Å². The molecule has 6 heteroatoms. The lowest BCUT2D eigenvalue weighted by atomic mass is 9.98. The number of halogens is 1. The number of carbonyl (C=O) groups is 1. The predicted molar refractivity (Wildman–Crippen MR) is 74.9 cm³/mol. The number of fused-ring (bicyclic) bond motifs is 1. The van der Waals surface area contributed by atoms with Gasteiger partial charge in [0, 0.05) is 11.4 Å². The zero-order valence-corrected chi connectivity index (χ0v) is 12.4. The van der Waals surface area contributed by atoms with E-state index >= 15 is 0 Å². The quantitative estimate of drug-likeness (QED) is 0.896. The first-order valence-electron chi connectivity index (χ1n) is 6.94. The zero-order valence-electron chi connectivity index (χ0n) is 11.6. The lowest BCUT2D eigenvalue weighted by molar-refractivity contribution is -0.334. The van der Waals surface area contributed by atoms with Crippen LogP contribution >= 0.6 is 11.6 Å². The Morgan fingerprint density at radius 3 is 2.90 bits per heavy atom. The van der Waals surface area contributed by atoms with Crippen molar-refractivity contribution in [3.05, 3.63) is 34.9 Å². The van der Waals surface area contributed by atoms with Crippen molar-refractivity contribution in [3.8, 4) is 0 Å². The average molecular weight is 313 g/mol. The molecule has 0 aliphatic carbocycles. The van der Waals surface area contributed by atoms with Crippen LogP contribution in [0.4, 0.5) is 0 Å². The van der Waals surface area contributed by atoms with Gasteiger partial charge in [-0.2, -0.15) is 0 Å². The number of Topliss-reactive ketones (excluding diaryl/α,β-unsaturated/α-hetero) is 1. The summed E-state index contributed by atoms with van der Waals surface area (Å²) >= 11 is 6.08. The van der Waals surface area contributed by atoms with E-state index < -0.39 is 24.1 Å². The minimum Gasteiger partial charge on any atom is -0.367 e. The van der Waals surface area contributed by atoms with Gasteiger partial charge in [0.15, 0.2) is 5.78 Å². The largest absolute Gasteiger partial charge is 0.367 e. The predicted octanol–water partition coefficient (Wildman–Crippen LogP) is 1.69. The minimum atomic E-state index is -1.40. The van der Waals surface area contributed by atoms with Crippen LogP contribution in [0.1, 0.15) is 18.9 Å². The van der Waals surface area contributed by atoms with Crippen LogP contribution in [0.5, 0.6) is 0 Å². The van der Waals surface area contributed by atoms with Crippen molar-refractivity contribution in [3.63, 3.8) is 0 Å². The molecule has 2 aliphatic heterocycles. The first-order chi connectivity index (χ1) is 10.0. The average Bonchev–Trinajstić information content (AvgIpc) is 2.66. The maximum Gasteiger partial charge on any atom is 0.220 e. The molecule has 2 saturated heterocycles. The monoisotopic (exact) mass is 312 g/mol. The van der Waals surface area contributed by atoms with Gasteiger partial charge in [0.2, 0.25) is 5.79 Å². The van der Waals surface area contributed by atoms with Gasteiger partial charge in [-0.1, -0.05) is 36.7 Å². The molecule has 0 unspecified atom stereocenters. The molecular formula is C15H17ClO5.